The number of nitrogens with one attached hydrogen (secondary N) is 1. The van der Waals surface area contributed by atoms with E-state index in [4.69, 9.17) is 0 Å². The van der Waals surface area contributed by atoms with Gasteiger partial charge in [-0.05, 0) is 48.4 Å². The van der Waals surface area contributed by atoms with Gasteiger partial charge >= 0.3 is 0 Å². The number of rotatable bonds is 3. The van der Waals surface area contributed by atoms with Crippen LogP contribution in [-0.2, 0) is 6.54 Å². The lowest BCUT2D eigenvalue weighted by Gasteiger charge is -2.34. The Hall–Kier alpha value is -3.15. The van der Waals surface area contributed by atoms with E-state index in [0.29, 0.717) is 29.5 Å². The molecule has 1 unspecified atom stereocenters. The van der Waals surface area contributed by atoms with E-state index in [-0.39, 0.29) is 11.8 Å². The standard InChI is InChI=1S/C24H26N4O2/c1-15(2)18-5-4-10-27(14-18)24(30)20-13-26-28-21(6-3-7-22(20)28)16-8-9-17-12-25-23(29)19(17)11-16/h3,6-9,11,13,15,18H,4-5,10,12,14H2,1-2H3,(H,25,29). The number of hydrogen-bond donors (Lipinski definition) is 1. The van der Waals surface area contributed by atoms with Crippen molar-refractivity contribution in [2.24, 2.45) is 11.8 Å². The van der Waals surface area contributed by atoms with Crippen LogP contribution >= 0.6 is 0 Å². The molecule has 2 aliphatic rings. The molecule has 5 rings (SSSR count). The number of pyridine rings is 1. The van der Waals surface area contributed by atoms with Crippen molar-refractivity contribution in [3.8, 4) is 11.3 Å². The van der Waals surface area contributed by atoms with E-state index in [0.717, 1.165) is 41.8 Å². The molecule has 4 heterocycles. The summed E-state index contributed by atoms with van der Waals surface area (Å²) in [5.41, 5.74) is 4.94. The number of aromatic nitrogens is 2. The van der Waals surface area contributed by atoms with Crippen LogP contribution in [0.2, 0.25) is 0 Å². The lowest BCUT2D eigenvalue weighted by molar-refractivity contribution is 0.0643. The maximum absolute atomic E-state index is 13.3. The van der Waals surface area contributed by atoms with Crippen molar-refractivity contribution < 1.29 is 9.59 Å². The minimum absolute atomic E-state index is 0.0415. The van der Waals surface area contributed by atoms with Gasteiger partial charge in [-0.2, -0.15) is 5.10 Å². The molecule has 30 heavy (non-hydrogen) atoms. The summed E-state index contributed by atoms with van der Waals surface area (Å²) >= 11 is 0. The van der Waals surface area contributed by atoms with E-state index in [1.807, 2.05) is 45.8 Å². The number of fused-ring (bicyclic) bond motifs is 2. The van der Waals surface area contributed by atoms with Gasteiger partial charge in [0, 0.05) is 30.8 Å². The molecule has 1 aromatic carbocycles. The Morgan fingerprint density at radius 3 is 2.93 bits per heavy atom. The van der Waals surface area contributed by atoms with E-state index in [1.54, 1.807) is 6.20 Å². The minimum Gasteiger partial charge on any atom is -0.348 e. The van der Waals surface area contributed by atoms with E-state index >= 15 is 0 Å². The Labute approximate surface area is 175 Å². The molecule has 0 radical (unpaired) electrons. The van der Waals surface area contributed by atoms with Crippen molar-refractivity contribution >= 4 is 17.3 Å². The van der Waals surface area contributed by atoms with Gasteiger partial charge in [-0.25, -0.2) is 4.52 Å². The largest absolute Gasteiger partial charge is 0.348 e. The van der Waals surface area contributed by atoms with Gasteiger partial charge in [-0.3, -0.25) is 9.59 Å². The molecule has 2 aromatic heterocycles. The molecule has 1 fully saturated rings. The van der Waals surface area contributed by atoms with Crippen LogP contribution in [0.25, 0.3) is 16.8 Å². The maximum atomic E-state index is 13.3. The summed E-state index contributed by atoms with van der Waals surface area (Å²) in [4.78, 5) is 27.4. The highest BCUT2D eigenvalue weighted by atomic mass is 16.2. The van der Waals surface area contributed by atoms with Crippen LogP contribution in [0.5, 0.6) is 0 Å². The van der Waals surface area contributed by atoms with Crippen molar-refractivity contribution in [1.29, 1.82) is 0 Å². The van der Waals surface area contributed by atoms with E-state index in [9.17, 15) is 9.59 Å². The summed E-state index contributed by atoms with van der Waals surface area (Å²) in [5.74, 6) is 1.15. The first-order chi connectivity index (χ1) is 14.5. The van der Waals surface area contributed by atoms with Crippen molar-refractivity contribution in [2.75, 3.05) is 13.1 Å². The van der Waals surface area contributed by atoms with Gasteiger partial charge in [-0.1, -0.05) is 32.0 Å². The number of amides is 2. The Morgan fingerprint density at radius 1 is 1.23 bits per heavy atom. The normalized spacial score (nSPS) is 18.7. The minimum atomic E-state index is -0.0415. The van der Waals surface area contributed by atoms with Gasteiger partial charge in [0.25, 0.3) is 11.8 Å². The van der Waals surface area contributed by atoms with Gasteiger partial charge < -0.3 is 10.2 Å². The predicted molar refractivity (Wildman–Crippen MR) is 115 cm³/mol. The van der Waals surface area contributed by atoms with Crippen molar-refractivity contribution in [2.45, 2.75) is 33.2 Å². The van der Waals surface area contributed by atoms with Gasteiger partial charge in [0.2, 0.25) is 0 Å². The third kappa shape index (κ3) is 3.07. The molecular formula is C24H26N4O2. The number of benzene rings is 1. The fourth-order valence-corrected chi connectivity index (χ4v) is 4.68. The van der Waals surface area contributed by atoms with Gasteiger partial charge in [-0.15, -0.1) is 0 Å². The smallest absolute Gasteiger partial charge is 0.257 e. The van der Waals surface area contributed by atoms with Gasteiger partial charge in [0.15, 0.2) is 0 Å². The SMILES string of the molecule is CC(C)C1CCCN(C(=O)c2cnn3c(-c4ccc5c(c4)C(=O)NC5)cccc23)C1. The van der Waals surface area contributed by atoms with E-state index in [1.165, 1.54) is 6.42 Å². The quantitative estimate of drug-likeness (QED) is 0.726. The van der Waals surface area contributed by atoms with Gasteiger partial charge in [0.05, 0.1) is 23.0 Å². The molecule has 1 saturated heterocycles. The number of likely N-dealkylation sites (tertiary alicyclic amines) is 1. The summed E-state index contributed by atoms with van der Waals surface area (Å²) in [6, 6.07) is 11.8. The van der Waals surface area contributed by atoms with Crippen molar-refractivity contribution in [3.05, 3.63) is 59.3 Å². The lowest BCUT2D eigenvalue weighted by atomic mass is 9.88. The molecule has 1 N–H and O–H groups in total. The zero-order chi connectivity index (χ0) is 20.8. The zero-order valence-electron chi connectivity index (χ0n) is 17.4. The van der Waals surface area contributed by atoms with Crippen LogP contribution < -0.4 is 5.32 Å². The first kappa shape index (κ1) is 18.9. The van der Waals surface area contributed by atoms with Crippen LogP contribution in [0.1, 0.15) is 53.0 Å². The summed E-state index contributed by atoms with van der Waals surface area (Å²) < 4.78 is 1.81. The lowest BCUT2D eigenvalue weighted by Crippen LogP contribution is -2.41. The molecule has 0 saturated carbocycles. The second kappa shape index (κ2) is 7.27. The molecule has 0 spiro atoms. The Bertz CT molecular complexity index is 1150. The fourth-order valence-electron chi connectivity index (χ4n) is 4.68. The highest BCUT2D eigenvalue weighted by Crippen LogP contribution is 2.28. The Balaban J connectivity index is 1.51. The number of carbonyl (C=O) groups excluding carboxylic acids is 2. The summed E-state index contributed by atoms with van der Waals surface area (Å²) in [6.07, 6.45) is 3.92. The molecule has 3 aromatic rings. The molecule has 2 amide bonds. The van der Waals surface area contributed by atoms with Crippen LogP contribution in [0, 0.1) is 11.8 Å². The molecule has 0 aliphatic carbocycles. The summed E-state index contributed by atoms with van der Waals surface area (Å²) in [5, 5.41) is 7.40. The summed E-state index contributed by atoms with van der Waals surface area (Å²) in [7, 11) is 0. The van der Waals surface area contributed by atoms with Crippen LogP contribution in [0.15, 0.2) is 42.6 Å². The van der Waals surface area contributed by atoms with E-state index in [2.05, 4.69) is 24.3 Å². The maximum Gasteiger partial charge on any atom is 0.257 e. The molecule has 6 nitrogen and oxygen atoms in total. The second-order valence-electron chi connectivity index (χ2n) is 8.72. The molecule has 1 atom stereocenters. The first-order valence-electron chi connectivity index (χ1n) is 10.7. The van der Waals surface area contributed by atoms with Crippen molar-refractivity contribution in [1.82, 2.24) is 19.8 Å². The predicted octanol–water partition coefficient (Wildman–Crippen LogP) is 3.75. The average molecular weight is 402 g/mol. The highest BCUT2D eigenvalue weighted by molar-refractivity contribution is 6.01. The zero-order valence-corrected chi connectivity index (χ0v) is 17.4. The van der Waals surface area contributed by atoms with Crippen LogP contribution in [0.3, 0.4) is 0 Å². The van der Waals surface area contributed by atoms with Crippen LogP contribution in [0.4, 0.5) is 0 Å². The number of hydrogen-bond acceptors (Lipinski definition) is 3. The molecule has 6 heteroatoms. The Kier molecular flexibility index (Phi) is 4.57. The van der Waals surface area contributed by atoms with Crippen molar-refractivity contribution in [3.63, 3.8) is 0 Å². The number of nitrogens with zero attached hydrogens (tertiary/aromatic N) is 3. The highest BCUT2D eigenvalue weighted by Gasteiger charge is 2.28. The molecular weight excluding hydrogens is 376 g/mol. The Morgan fingerprint density at radius 2 is 2.10 bits per heavy atom. The molecule has 154 valence electrons. The summed E-state index contributed by atoms with van der Waals surface area (Å²) in [6.45, 7) is 6.66. The third-order valence-electron chi connectivity index (χ3n) is 6.55. The topological polar surface area (TPSA) is 66.7 Å². The molecule has 2 aliphatic heterocycles. The van der Waals surface area contributed by atoms with Gasteiger partial charge in [0.1, 0.15) is 0 Å². The second-order valence-corrected chi connectivity index (χ2v) is 8.72. The van der Waals surface area contributed by atoms with Crippen LogP contribution in [-0.4, -0.2) is 39.4 Å². The number of carbonyl (C=O) groups is 2. The van der Waals surface area contributed by atoms with E-state index < -0.39 is 0 Å². The fraction of sp³-hybridized carbons (Fsp3) is 0.375. The average Bonchev–Trinajstić information content (AvgIpc) is 3.37. The third-order valence-corrected chi connectivity index (χ3v) is 6.55. The number of piperidine rings is 1. The first-order valence-corrected chi connectivity index (χ1v) is 10.7. The monoisotopic (exact) mass is 402 g/mol. The molecule has 0 bridgehead atoms.